The molecule has 1 amide bonds. The van der Waals surface area contributed by atoms with Crippen LogP contribution in [0.15, 0.2) is 0 Å². The third kappa shape index (κ3) is 31.9. The number of carbonyl (C=O) groups is 1. The fourth-order valence-electron chi connectivity index (χ4n) is 5.82. The van der Waals surface area contributed by atoms with E-state index in [2.05, 4.69) is 19.2 Å². The van der Waals surface area contributed by atoms with E-state index in [0.29, 0.717) is 19.3 Å². The summed E-state index contributed by atoms with van der Waals surface area (Å²) >= 11 is 0. The second kappa shape index (κ2) is 33.4. The van der Waals surface area contributed by atoms with E-state index in [1.165, 1.54) is 128 Å². The Morgan fingerprint density at radius 1 is 0.578 bits per heavy atom. The van der Waals surface area contributed by atoms with Crippen LogP contribution in [0.25, 0.3) is 0 Å². The Balaban J connectivity index is 4.22. The summed E-state index contributed by atoms with van der Waals surface area (Å²) in [6, 6.07) is -0.734. The molecule has 0 aliphatic rings. The van der Waals surface area contributed by atoms with Crippen LogP contribution in [-0.2, 0) is 18.4 Å². The van der Waals surface area contributed by atoms with Crippen LogP contribution in [0.2, 0.25) is 0 Å². The van der Waals surface area contributed by atoms with E-state index in [-0.39, 0.29) is 19.1 Å². The predicted molar refractivity (Wildman–Crippen MR) is 191 cm³/mol. The van der Waals surface area contributed by atoms with Gasteiger partial charge in [0.2, 0.25) is 5.91 Å². The fraction of sp³-hybridized carbons (Fsp3) is 0.973. The molecular weight excluding hydrogens is 585 g/mol. The summed E-state index contributed by atoms with van der Waals surface area (Å²) in [5.74, 6) is -0.140. The fourth-order valence-corrected chi connectivity index (χ4v) is 6.66. The first kappa shape index (κ1) is 44.5. The minimum absolute atomic E-state index is 0.116. The molecule has 3 atom stereocenters. The lowest BCUT2D eigenvalue weighted by Gasteiger charge is -2.25. The van der Waals surface area contributed by atoms with Crippen molar-refractivity contribution in [2.24, 2.45) is 0 Å². The molecule has 0 spiro atoms. The molecule has 0 saturated heterocycles. The molecule has 0 aliphatic carbocycles. The molecule has 0 saturated carbocycles. The van der Waals surface area contributed by atoms with Gasteiger partial charge in [-0.25, -0.2) is 4.57 Å². The monoisotopic (exact) mass is 662 g/mol. The van der Waals surface area contributed by atoms with Crippen LogP contribution in [0.5, 0.6) is 0 Å². The molecule has 0 fully saturated rings. The second-order valence-electron chi connectivity index (χ2n) is 13.4. The quantitative estimate of drug-likeness (QED) is 0.0456. The summed E-state index contributed by atoms with van der Waals surface area (Å²) in [5.41, 5.74) is 0. The number of nitrogens with one attached hydrogen (secondary N) is 1. The maximum atomic E-state index is 12.7. The number of hydrogen-bond acceptors (Lipinski definition) is 5. The summed E-state index contributed by atoms with van der Waals surface area (Å²) in [6.07, 6.45) is 33.3. The molecule has 0 aromatic heterocycles. The molecule has 0 aromatic rings. The SMILES string of the molecule is CCCCCCCCCCCCCCCC(=O)N[C@@H](COP(=O)(O)OCCC)[C@H](O)CCCCCCCCCCCCCCC. The van der Waals surface area contributed by atoms with Crippen molar-refractivity contribution in [2.75, 3.05) is 13.2 Å². The molecule has 270 valence electrons. The maximum Gasteiger partial charge on any atom is 0.472 e. The smallest absolute Gasteiger partial charge is 0.391 e. The average Bonchev–Trinajstić information content (AvgIpc) is 3.02. The van der Waals surface area contributed by atoms with Gasteiger partial charge < -0.3 is 15.3 Å². The molecule has 3 N–H and O–H groups in total. The Morgan fingerprint density at radius 3 is 1.36 bits per heavy atom. The van der Waals surface area contributed by atoms with Crippen molar-refractivity contribution >= 4 is 13.7 Å². The van der Waals surface area contributed by atoms with Gasteiger partial charge in [0.25, 0.3) is 0 Å². The highest BCUT2D eigenvalue weighted by atomic mass is 31.2. The van der Waals surface area contributed by atoms with Crippen molar-refractivity contribution in [3.8, 4) is 0 Å². The molecule has 0 aliphatic heterocycles. The van der Waals surface area contributed by atoms with Crippen LogP contribution in [0.1, 0.15) is 207 Å². The zero-order chi connectivity index (χ0) is 33.3. The van der Waals surface area contributed by atoms with Crippen LogP contribution in [0.3, 0.4) is 0 Å². The number of carbonyl (C=O) groups excluding carboxylic acids is 1. The van der Waals surface area contributed by atoms with Gasteiger partial charge in [0, 0.05) is 6.42 Å². The number of phosphoric ester groups is 1. The molecule has 0 bridgehead atoms. The Kier molecular flexibility index (Phi) is 33.1. The standard InChI is InChI=1S/C37H76NO6P/c1-4-7-9-11-13-15-17-19-21-23-25-27-29-31-36(39)35(34-44-45(41,42)43-33-6-3)38-37(40)32-30-28-26-24-22-20-18-16-14-12-10-8-5-2/h35-36,39H,4-34H2,1-3H3,(H,38,40)(H,41,42)/t35-,36+/m0/s1. The number of aliphatic hydroxyl groups excluding tert-OH is 1. The van der Waals surface area contributed by atoms with Crippen molar-refractivity contribution in [2.45, 2.75) is 219 Å². The predicted octanol–water partition coefficient (Wildman–Crippen LogP) is 11.3. The van der Waals surface area contributed by atoms with Gasteiger partial charge in [-0.15, -0.1) is 0 Å². The Morgan fingerprint density at radius 2 is 0.956 bits per heavy atom. The van der Waals surface area contributed by atoms with Gasteiger partial charge in [0.15, 0.2) is 0 Å². The van der Waals surface area contributed by atoms with Crippen LogP contribution < -0.4 is 5.32 Å². The molecule has 0 radical (unpaired) electrons. The lowest BCUT2D eigenvalue weighted by atomic mass is 10.0. The van der Waals surface area contributed by atoms with Gasteiger partial charge >= 0.3 is 7.82 Å². The molecule has 8 heteroatoms. The Bertz CT molecular complexity index is 679. The van der Waals surface area contributed by atoms with Crippen LogP contribution >= 0.6 is 7.82 Å². The first-order valence-electron chi connectivity index (χ1n) is 19.5. The summed E-state index contributed by atoms with van der Waals surface area (Å²) in [4.78, 5) is 22.7. The van der Waals surface area contributed by atoms with Crippen molar-refractivity contribution in [1.82, 2.24) is 5.32 Å². The van der Waals surface area contributed by atoms with Gasteiger partial charge in [-0.05, 0) is 19.3 Å². The summed E-state index contributed by atoms with van der Waals surface area (Å²) in [6.45, 7) is 6.23. The topological polar surface area (TPSA) is 105 Å². The highest BCUT2D eigenvalue weighted by Gasteiger charge is 2.27. The van der Waals surface area contributed by atoms with Crippen molar-refractivity contribution in [3.05, 3.63) is 0 Å². The number of amides is 1. The van der Waals surface area contributed by atoms with E-state index in [1.807, 2.05) is 6.92 Å². The van der Waals surface area contributed by atoms with Gasteiger partial charge in [-0.2, -0.15) is 0 Å². The molecule has 0 rings (SSSR count). The zero-order valence-corrected chi connectivity index (χ0v) is 30.9. The van der Waals surface area contributed by atoms with Crippen molar-refractivity contribution < 1.29 is 28.4 Å². The van der Waals surface area contributed by atoms with Crippen molar-refractivity contribution in [1.29, 1.82) is 0 Å². The third-order valence-electron chi connectivity index (χ3n) is 8.80. The van der Waals surface area contributed by atoms with E-state index in [9.17, 15) is 19.4 Å². The molecule has 0 aromatic carbocycles. The Hall–Kier alpha value is -0.460. The number of unbranched alkanes of at least 4 members (excludes halogenated alkanes) is 24. The molecule has 0 heterocycles. The Labute approximate surface area is 279 Å². The van der Waals surface area contributed by atoms with Gasteiger partial charge in [0.05, 0.1) is 25.4 Å². The van der Waals surface area contributed by atoms with E-state index in [4.69, 9.17) is 9.05 Å². The summed E-state index contributed by atoms with van der Waals surface area (Å²) in [5, 5.41) is 13.8. The van der Waals surface area contributed by atoms with E-state index in [1.54, 1.807) is 0 Å². The average molecular weight is 662 g/mol. The van der Waals surface area contributed by atoms with Gasteiger partial charge in [-0.3, -0.25) is 13.8 Å². The first-order valence-corrected chi connectivity index (χ1v) is 20.9. The highest BCUT2D eigenvalue weighted by Crippen LogP contribution is 2.43. The van der Waals surface area contributed by atoms with E-state index >= 15 is 0 Å². The number of hydrogen-bond donors (Lipinski definition) is 3. The summed E-state index contributed by atoms with van der Waals surface area (Å²) in [7, 11) is -4.22. The minimum Gasteiger partial charge on any atom is -0.391 e. The first-order chi connectivity index (χ1) is 21.9. The molecule has 7 nitrogen and oxygen atoms in total. The van der Waals surface area contributed by atoms with Crippen LogP contribution in [0, 0.1) is 0 Å². The lowest BCUT2D eigenvalue weighted by molar-refractivity contribution is -0.123. The van der Waals surface area contributed by atoms with E-state index < -0.39 is 20.0 Å². The second-order valence-corrected chi connectivity index (χ2v) is 14.8. The van der Waals surface area contributed by atoms with Crippen molar-refractivity contribution in [3.63, 3.8) is 0 Å². The van der Waals surface area contributed by atoms with Crippen LogP contribution in [-0.4, -0.2) is 41.3 Å². The third-order valence-corrected chi connectivity index (χ3v) is 9.78. The number of rotatable bonds is 36. The summed E-state index contributed by atoms with van der Waals surface area (Å²) < 4.78 is 22.3. The largest absolute Gasteiger partial charge is 0.472 e. The van der Waals surface area contributed by atoms with Gasteiger partial charge in [0.1, 0.15) is 0 Å². The van der Waals surface area contributed by atoms with E-state index in [0.717, 1.165) is 38.5 Å². The highest BCUT2D eigenvalue weighted by molar-refractivity contribution is 7.47. The van der Waals surface area contributed by atoms with Gasteiger partial charge in [-0.1, -0.05) is 181 Å². The molecule has 1 unspecified atom stereocenters. The zero-order valence-electron chi connectivity index (χ0n) is 30.0. The minimum atomic E-state index is -4.22. The maximum absolute atomic E-state index is 12.7. The molecule has 45 heavy (non-hydrogen) atoms. The number of phosphoric acid groups is 1. The van der Waals surface area contributed by atoms with Crippen LogP contribution in [0.4, 0.5) is 0 Å². The normalized spacial score (nSPS) is 14.3. The lowest BCUT2D eigenvalue weighted by Crippen LogP contribution is -2.46. The molecular formula is C37H76NO6P. The number of aliphatic hydroxyl groups is 1.